The zero-order valence-electron chi connectivity index (χ0n) is 11.2. The van der Waals surface area contributed by atoms with E-state index >= 15 is 0 Å². The second-order valence-corrected chi connectivity index (χ2v) is 4.68. The van der Waals surface area contributed by atoms with Crippen LogP contribution in [0.25, 0.3) is 0 Å². The number of benzene rings is 1. The van der Waals surface area contributed by atoms with Crippen molar-refractivity contribution in [2.24, 2.45) is 0 Å². The van der Waals surface area contributed by atoms with Crippen molar-refractivity contribution in [1.82, 2.24) is 5.32 Å². The second kappa shape index (κ2) is 4.44. The van der Waals surface area contributed by atoms with Crippen LogP contribution in [0.3, 0.4) is 0 Å². The highest BCUT2D eigenvalue weighted by atomic mass is 16.2. The molecule has 0 fully saturated rings. The minimum atomic E-state index is -0.530. The zero-order chi connectivity index (χ0) is 13.4. The Morgan fingerprint density at radius 2 is 1.94 bits per heavy atom. The van der Waals surface area contributed by atoms with Crippen molar-refractivity contribution < 1.29 is 9.59 Å². The summed E-state index contributed by atoms with van der Waals surface area (Å²) in [5.74, 6) is -0.224. The van der Waals surface area contributed by atoms with Gasteiger partial charge >= 0.3 is 0 Å². The average Bonchev–Trinajstić information content (AvgIpc) is 2.58. The van der Waals surface area contributed by atoms with Gasteiger partial charge in [-0.15, -0.1) is 0 Å². The Bertz CT molecular complexity index is 523. The number of anilines is 1. The van der Waals surface area contributed by atoms with Crippen LogP contribution in [0.5, 0.6) is 0 Å². The van der Waals surface area contributed by atoms with Crippen LogP contribution in [0.4, 0.5) is 5.69 Å². The van der Waals surface area contributed by atoms with Gasteiger partial charge in [0, 0.05) is 19.0 Å². The van der Waals surface area contributed by atoms with Crippen molar-refractivity contribution >= 4 is 17.5 Å². The number of fused-ring (bicyclic) bond motifs is 1. The topological polar surface area (TPSA) is 49.4 Å². The summed E-state index contributed by atoms with van der Waals surface area (Å²) in [6.07, 6.45) is 0. The lowest BCUT2D eigenvalue weighted by Crippen LogP contribution is -2.36. The fraction of sp³-hybridized carbons (Fsp3) is 0.429. The average molecular weight is 246 g/mol. The summed E-state index contributed by atoms with van der Waals surface area (Å²) in [6.45, 7) is 7.96. The maximum atomic E-state index is 12.3. The Labute approximate surface area is 107 Å². The highest BCUT2D eigenvalue weighted by molar-refractivity contribution is 6.07. The molecule has 1 aromatic carbocycles. The lowest BCUT2D eigenvalue weighted by Gasteiger charge is -2.17. The Morgan fingerprint density at radius 1 is 1.33 bits per heavy atom. The largest absolute Gasteiger partial charge is 0.341 e. The Morgan fingerprint density at radius 3 is 2.50 bits per heavy atom. The summed E-state index contributed by atoms with van der Waals surface area (Å²) in [4.78, 5) is 25.4. The van der Waals surface area contributed by atoms with Gasteiger partial charge in [0.15, 0.2) is 0 Å². The molecule has 1 N–H and O–H groups in total. The maximum absolute atomic E-state index is 12.3. The molecule has 96 valence electrons. The van der Waals surface area contributed by atoms with Crippen molar-refractivity contribution in [1.29, 1.82) is 0 Å². The number of amides is 2. The first-order valence-electron chi connectivity index (χ1n) is 6.16. The first-order valence-corrected chi connectivity index (χ1v) is 6.16. The van der Waals surface area contributed by atoms with Gasteiger partial charge in [-0.05, 0) is 31.9 Å². The van der Waals surface area contributed by atoms with E-state index in [1.54, 1.807) is 4.90 Å². The van der Waals surface area contributed by atoms with Crippen molar-refractivity contribution in [3.05, 3.63) is 28.8 Å². The molecule has 0 bridgehead atoms. The van der Waals surface area contributed by atoms with Crippen LogP contribution in [0, 0.1) is 13.8 Å². The minimum absolute atomic E-state index is 0.0416. The summed E-state index contributed by atoms with van der Waals surface area (Å²) in [5, 5.41) is 2.75. The van der Waals surface area contributed by atoms with Gasteiger partial charge in [0.1, 0.15) is 6.04 Å². The minimum Gasteiger partial charge on any atom is -0.341 e. The van der Waals surface area contributed by atoms with Gasteiger partial charge in [-0.2, -0.15) is 0 Å². The van der Waals surface area contributed by atoms with Gasteiger partial charge in [0.05, 0.1) is 5.69 Å². The van der Waals surface area contributed by atoms with Crippen LogP contribution in [0.1, 0.15) is 36.6 Å². The molecule has 1 aliphatic rings. The quantitative estimate of drug-likeness (QED) is 0.865. The summed E-state index contributed by atoms with van der Waals surface area (Å²) < 4.78 is 0. The van der Waals surface area contributed by atoms with Gasteiger partial charge in [0.2, 0.25) is 5.91 Å². The third kappa shape index (κ3) is 1.78. The molecular formula is C14H18N2O2. The first kappa shape index (κ1) is 12.6. The molecule has 2 rings (SSSR count). The molecule has 1 heterocycles. The van der Waals surface area contributed by atoms with Gasteiger partial charge in [-0.1, -0.05) is 12.1 Å². The predicted molar refractivity (Wildman–Crippen MR) is 70.5 cm³/mol. The molecule has 4 heteroatoms. The fourth-order valence-corrected chi connectivity index (χ4v) is 2.58. The van der Waals surface area contributed by atoms with Crippen LogP contribution in [-0.4, -0.2) is 18.4 Å². The molecule has 0 spiro atoms. The van der Waals surface area contributed by atoms with Crippen LogP contribution in [0.15, 0.2) is 12.1 Å². The first-order chi connectivity index (χ1) is 8.47. The second-order valence-electron chi connectivity index (χ2n) is 4.68. The number of carbonyl (C=O) groups excluding carboxylic acids is 2. The molecule has 0 aliphatic carbocycles. The third-order valence-corrected chi connectivity index (χ3v) is 3.37. The standard InChI is InChI=1S/C14H18N2O2/c1-5-16-13-9(3)7-6-8(2)11(13)12(14(16)18)15-10(4)17/h6-7,12H,5H2,1-4H3,(H,15,17)/t12-/m0/s1. The lowest BCUT2D eigenvalue weighted by molar-refractivity contribution is -0.126. The van der Waals surface area contributed by atoms with E-state index in [4.69, 9.17) is 0 Å². The molecule has 0 saturated carbocycles. The number of aryl methyl sites for hydroxylation is 2. The summed E-state index contributed by atoms with van der Waals surface area (Å²) in [5.41, 5.74) is 4.01. The van der Waals surface area contributed by atoms with Crippen LogP contribution in [-0.2, 0) is 9.59 Å². The van der Waals surface area contributed by atoms with E-state index in [1.807, 2.05) is 32.9 Å². The molecule has 0 aromatic heterocycles. The summed E-state index contributed by atoms with van der Waals surface area (Å²) >= 11 is 0. The van der Waals surface area contributed by atoms with E-state index in [0.29, 0.717) is 6.54 Å². The number of nitrogens with zero attached hydrogens (tertiary/aromatic N) is 1. The monoisotopic (exact) mass is 246 g/mol. The number of hydrogen-bond donors (Lipinski definition) is 1. The van der Waals surface area contributed by atoms with Gasteiger partial charge in [-0.25, -0.2) is 0 Å². The molecule has 1 aromatic rings. The number of rotatable bonds is 2. The lowest BCUT2D eigenvalue weighted by atomic mass is 9.99. The van der Waals surface area contributed by atoms with Gasteiger partial charge < -0.3 is 10.2 Å². The van der Waals surface area contributed by atoms with E-state index in [9.17, 15) is 9.59 Å². The summed E-state index contributed by atoms with van der Waals surface area (Å²) in [6, 6.07) is 3.48. The summed E-state index contributed by atoms with van der Waals surface area (Å²) in [7, 11) is 0. The number of likely N-dealkylation sites (N-methyl/N-ethyl adjacent to an activating group) is 1. The highest BCUT2D eigenvalue weighted by Gasteiger charge is 2.38. The molecule has 1 atom stereocenters. The number of hydrogen-bond acceptors (Lipinski definition) is 2. The van der Waals surface area contributed by atoms with Crippen LogP contribution < -0.4 is 10.2 Å². The Kier molecular flexibility index (Phi) is 3.11. The van der Waals surface area contributed by atoms with Gasteiger partial charge in [0.25, 0.3) is 5.91 Å². The molecule has 1 aliphatic heterocycles. The number of carbonyl (C=O) groups is 2. The SMILES string of the molecule is CCN1C(=O)[C@@H](NC(C)=O)c2c(C)ccc(C)c21. The zero-order valence-corrected chi connectivity index (χ0v) is 11.2. The van der Waals surface area contributed by atoms with E-state index in [1.165, 1.54) is 6.92 Å². The fourth-order valence-electron chi connectivity index (χ4n) is 2.58. The Hall–Kier alpha value is -1.84. The molecule has 0 unspecified atom stereocenters. The van der Waals surface area contributed by atoms with Crippen molar-refractivity contribution in [2.75, 3.05) is 11.4 Å². The van der Waals surface area contributed by atoms with E-state index in [2.05, 4.69) is 5.32 Å². The normalized spacial score (nSPS) is 17.9. The van der Waals surface area contributed by atoms with E-state index in [-0.39, 0.29) is 11.8 Å². The van der Waals surface area contributed by atoms with Gasteiger partial charge in [-0.3, -0.25) is 9.59 Å². The molecule has 0 radical (unpaired) electrons. The number of nitrogens with one attached hydrogen (secondary N) is 1. The van der Waals surface area contributed by atoms with E-state index in [0.717, 1.165) is 22.4 Å². The van der Waals surface area contributed by atoms with Crippen molar-refractivity contribution in [3.63, 3.8) is 0 Å². The third-order valence-electron chi connectivity index (χ3n) is 3.37. The maximum Gasteiger partial charge on any atom is 0.254 e. The molecule has 4 nitrogen and oxygen atoms in total. The predicted octanol–water partition coefficient (Wildman–Crippen LogP) is 1.85. The highest BCUT2D eigenvalue weighted by Crippen LogP contribution is 2.40. The molecular weight excluding hydrogens is 228 g/mol. The smallest absolute Gasteiger partial charge is 0.254 e. The van der Waals surface area contributed by atoms with E-state index < -0.39 is 6.04 Å². The Balaban J connectivity index is 2.60. The van der Waals surface area contributed by atoms with Crippen molar-refractivity contribution in [2.45, 2.75) is 33.7 Å². The molecule has 0 saturated heterocycles. The van der Waals surface area contributed by atoms with Crippen LogP contribution in [0.2, 0.25) is 0 Å². The van der Waals surface area contributed by atoms with Crippen LogP contribution >= 0.6 is 0 Å². The molecule has 18 heavy (non-hydrogen) atoms. The van der Waals surface area contributed by atoms with Crippen molar-refractivity contribution in [3.8, 4) is 0 Å². The molecule has 2 amide bonds.